The standard InChI is InChI=1S/C18H15Br2FN2O2S2/c19-12-3-1-11(2-4-12)8-26-18-22-15-9-27(24,25)10-17(15)23(18)16-6-5-13(20)7-14(16)21/h1-7,15,17H,8-10H2/t15-,17-/m0/s1. The molecular weight excluding hydrogens is 519 g/mol. The van der Waals surface area contributed by atoms with E-state index in [0.717, 1.165) is 10.0 Å². The van der Waals surface area contributed by atoms with Crippen LogP contribution in [0.25, 0.3) is 0 Å². The SMILES string of the molecule is O=S1(=O)C[C@@H]2N=C(SCc3ccc(Br)cc3)N(c3ccc(Br)cc3F)[C@H]2C1. The topological polar surface area (TPSA) is 49.7 Å². The molecule has 2 atom stereocenters. The maximum absolute atomic E-state index is 14.6. The minimum absolute atomic E-state index is 0.000978. The van der Waals surface area contributed by atoms with Gasteiger partial charge in [-0.05, 0) is 35.9 Å². The fraction of sp³-hybridized carbons (Fsp3) is 0.278. The van der Waals surface area contributed by atoms with E-state index in [9.17, 15) is 12.8 Å². The first kappa shape index (κ1) is 19.4. The number of amidine groups is 1. The number of hydrogen-bond donors (Lipinski definition) is 0. The van der Waals surface area contributed by atoms with Crippen LogP contribution in [-0.2, 0) is 15.6 Å². The van der Waals surface area contributed by atoms with Crippen LogP contribution in [0, 0.1) is 5.82 Å². The van der Waals surface area contributed by atoms with E-state index in [-0.39, 0.29) is 23.6 Å². The van der Waals surface area contributed by atoms with Crippen LogP contribution in [0.15, 0.2) is 56.4 Å². The number of fused-ring (bicyclic) bond motifs is 1. The number of benzene rings is 2. The van der Waals surface area contributed by atoms with E-state index >= 15 is 0 Å². The van der Waals surface area contributed by atoms with Gasteiger partial charge in [-0.2, -0.15) is 0 Å². The van der Waals surface area contributed by atoms with Crippen molar-refractivity contribution in [2.75, 3.05) is 16.4 Å². The molecule has 2 aromatic rings. The molecule has 27 heavy (non-hydrogen) atoms. The quantitative estimate of drug-likeness (QED) is 0.577. The lowest BCUT2D eigenvalue weighted by molar-refractivity contribution is 0.600. The van der Waals surface area contributed by atoms with Crippen molar-refractivity contribution in [3.63, 3.8) is 0 Å². The summed E-state index contributed by atoms with van der Waals surface area (Å²) >= 11 is 8.19. The summed E-state index contributed by atoms with van der Waals surface area (Å²) in [6, 6.07) is 12.1. The number of rotatable bonds is 3. The monoisotopic (exact) mass is 532 g/mol. The molecule has 0 radical (unpaired) electrons. The summed E-state index contributed by atoms with van der Waals surface area (Å²) in [7, 11) is -3.16. The Hall–Kier alpha value is -0.900. The Morgan fingerprint density at radius 2 is 1.81 bits per heavy atom. The molecule has 2 heterocycles. The van der Waals surface area contributed by atoms with E-state index in [1.165, 1.54) is 17.8 Å². The molecule has 4 nitrogen and oxygen atoms in total. The van der Waals surface area contributed by atoms with E-state index < -0.39 is 15.7 Å². The largest absolute Gasteiger partial charge is 0.312 e. The molecule has 0 saturated carbocycles. The Bertz CT molecular complexity index is 1010. The maximum atomic E-state index is 14.6. The lowest BCUT2D eigenvalue weighted by Gasteiger charge is -2.27. The van der Waals surface area contributed by atoms with Crippen LogP contribution in [0.5, 0.6) is 0 Å². The fourth-order valence-electron chi connectivity index (χ4n) is 3.32. The predicted octanol–water partition coefficient (Wildman–Crippen LogP) is 4.63. The van der Waals surface area contributed by atoms with E-state index in [1.54, 1.807) is 17.0 Å². The Labute approximate surface area is 178 Å². The van der Waals surface area contributed by atoms with E-state index in [2.05, 4.69) is 36.9 Å². The molecule has 0 aromatic heterocycles. The summed E-state index contributed by atoms with van der Waals surface area (Å²) in [4.78, 5) is 6.40. The van der Waals surface area contributed by atoms with Crippen molar-refractivity contribution >= 4 is 64.3 Å². The van der Waals surface area contributed by atoms with Crippen LogP contribution in [0.3, 0.4) is 0 Å². The Morgan fingerprint density at radius 1 is 1.11 bits per heavy atom. The molecule has 0 spiro atoms. The van der Waals surface area contributed by atoms with E-state index in [1.807, 2.05) is 24.3 Å². The van der Waals surface area contributed by atoms with Gasteiger partial charge in [0.15, 0.2) is 15.0 Å². The second kappa shape index (κ2) is 7.50. The van der Waals surface area contributed by atoms with Crippen molar-refractivity contribution in [3.05, 3.63) is 62.8 Å². The molecular formula is C18H15Br2FN2O2S2. The fourth-order valence-corrected chi connectivity index (χ4v) is 6.83. The third-order valence-corrected chi connectivity index (χ3v) is 8.32. The highest BCUT2D eigenvalue weighted by Crippen LogP contribution is 2.37. The third kappa shape index (κ3) is 4.11. The van der Waals surface area contributed by atoms with Gasteiger partial charge in [0, 0.05) is 14.7 Å². The Morgan fingerprint density at radius 3 is 2.52 bits per heavy atom. The van der Waals surface area contributed by atoms with E-state index in [4.69, 9.17) is 0 Å². The van der Waals surface area contributed by atoms with Crippen LogP contribution in [-0.4, -0.2) is 37.2 Å². The van der Waals surface area contributed by atoms with Crippen molar-refractivity contribution in [2.45, 2.75) is 17.8 Å². The predicted molar refractivity (Wildman–Crippen MR) is 116 cm³/mol. The minimum atomic E-state index is -3.16. The highest BCUT2D eigenvalue weighted by Gasteiger charge is 2.47. The normalized spacial score (nSPS) is 23.4. The first-order valence-corrected chi connectivity index (χ1v) is 12.6. The first-order valence-electron chi connectivity index (χ1n) is 8.22. The second-order valence-corrected chi connectivity index (χ2v) is 11.4. The molecule has 0 aliphatic carbocycles. The molecule has 1 fully saturated rings. The van der Waals surface area contributed by atoms with Gasteiger partial charge in [0.2, 0.25) is 0 Å². The molecule has 1 saturated heterocycles. The average molecular weight is 534 g/mol. The van der Waals surface area contributed by atoms with E-state index in [0.29, 0.717) is 21.1 Å². The summed E-state index contributed by atoms with van der Waals surface area (Å²) in [6.45, 7) is 0. The maximum Gasteiger partial charge on any atom is 0.164 e. The summed E-state index contributed by atoms with van der Waals surface area (Å²) in [5, 5.41) is 0.670. The number of sulfone groups is 1. The number of anilines is 1. The molecule has 0 unspecified atom stereocenters. The van der Waals surface area contributed by atoms with Gasteiger partial charge in [-0.3, -0.25) is 4.99 Å². The van der Waals surface area contributed by atoms with Crippen LogP contribution >= 0.6 is 43.6 Å². The lowest BCUT2D eigenvalue weighted by Crippen LogP contribution is -2.39. The van der Waals surface area contributed by atoms with Crippen molar-refractivity contribution in [1.82, 2.24) is 0 Å². The van der Waals surface area contributed by atoms with Crippen molar-refractivity contribution < 1.29 is 12.8 Å². The summed E-state index contributed by atoms with van der Waals surface area (Å²) in [5.41, 5.74) is 1.48. The minimum Gasteiger partial charge on any atom is -0.312 e. The van der Waals surface area contributed by atoms with Crippen LogP contribution in [0.4, 0.5) is 10.1 Å². The highest BCUT2D eigenvalue weighted by molar-refractivity contribution is 9.10. The van der Waals surface area contributed by atoms with Gasteiger partial charge in [-0.25, -0.2) is 12.8 Å². The zero-order chi connectivity index (χ0) is 19.2. The first-order chi connectivity index (χ1) is 12.8. The van der Waals surface area contributed by atoms with Crippen molar-refractivity contribution in [2.24, 2.45) is 4.99 Å². The molecule has 4 rings (SSSR count). The van der Waals surface area contributed by atoms with Gasteiger partial charge in [-0.1, -0.05) is 55.8 Å². The van der Waals surface area contributed by atoms with Gasteiger partial charge < -0.3 is 4.90 Å². The summed E-state index contributed by atoms with van der Waals surface area (Å²) < 4.78 is 40.4. The van der Waals surface area contributed by atoms with Gasteiger partial charge in [-0.15, -0.1) is 0 Å². The number of hydrogen-bond acceptors (Lipinski definition) is 5. The Kier molecular flexibility index (Phi) is 5.39. The molecule has 142 valence electrons. The smallest absolute Gasteiger partial charge is 0.164 e. The summed E-state index contributed by atoms with van der Waals surface area (Å²) in [5.74, 6) is 0.298. The molecule has 2 aliphatic heterocycles. The molecule has 9 heteroatoms. The lowest BCUT2D eigenvalue weighted by atomic mass is 10.1. The van der Waals surface area contributed by atoms with Gasteiger partial charge in [0.25, 0.3) is 0 Å². The number of aliphatic imine (C=N–C) groups is 1. The molecule has 2 aliphatic rings. The van der Waals surface area contributed by atoms with Gasteiger partial charge in [0.1, 0.15) is 5.82 Å². The van der Waals surface area contributed by atoms with Crippen molar-refractivity contribution in [1.29, 1.82) is 0 Å². The molecule has 0 bridgehead atoms. The number of nitrogens with zero attached hydrogens (tertiary/aromatic N) is 2. The van der Waals surface area contributed by atoms with Crippen LogP contribution < -0.4 is 4.90 Å². The average Bonchev–Trinajstić information content (AvgIpc) is 3.06. The number of halogens is 3. The van der Waals surface area contributed by atoms with Gasteiger partial charge in [0.05, 0.1) is 29.3 Å². The molecule has 0 amide bonds. The van der Waals surface area contributed by atoms with Crippen LogP contribution in [0.2, 0.25) is 0 Å². The second-order valence-electron chi connectivity index (χ2n) is 6.50. The zero-order valence-electron chi connectivity index (χ0n) is 14.0. The Balaban J connectivity index is 1.64. The third-order valence-electron chi connectivity index (χ3n) is 4.56. The van der Waals surface area contributed by atoms with Crippen molar-refractivity contribution in [3.8, 4) is 0 Å². The highest BCUT2D eigenvalue weighted by atomic mass is 79.9. The molecule has 0 N–H and O–H groups in total. The zero-order valence-corrected chi connectivity index (χ0v) is 18.8. The van der Waals surface area contributed by atoms with Crippen LogP contribution in [0.1, 0.15) is 5.56 Å². The number of thioether (sulfide) groups is 1. The van der Waals surface area contributed by atoms with Gasteiger partial charge >= 0.3 is 0 Å². The molecule has 2 aromatic carbocycles. The summed E-state index contributed by atoms with van der Waals surface area (Å²) in [6.07, 6.45) is 0.